The Morgan fingerprint density at radius 2 is 1.81 bits per heavy atom. The van der Waals surface area contributed by atoms with Gasteiger partial charge in [-0.2, -0.15) is 0 Å². The lowest BCUT2D eigenvalue weighted by molar-refractivity contribution is -0.142. The highest BCUT2D eigenvalue weighted by Gasteiger charge is 2.32. The number of carbonyl (C=O) groups is 1. The number of likely N-dealkylation sites (tertiary alicyclic amines) is 1. The second-order valence-electron chi connectivity index (χ2n) is 5.58. The van der Waals surface area contributed by atoms with Gasteiger partial charge in [-0.1, -0.05) is 30.1 Å². The summed E-state index contributed by atoms with van der Waals surface area (Å²) in [6.45, 7) is 1.62. The Bertz CT molecular complexity index is 534. The van der Waals surface area contributed by atoms with Crippen molar-refractivity contribution in [1.29, 1.82) is 0 Å². The molecule has 0 unspecified atom stereocenters. The number of hydrogen-bond acceptors (Lipinski definition) is 3. The quantitative estimate of drug-likeness (QED) is 0.840. The minimum Gasteiger partial charge on any atom is -0.382 e. The first-order chi connectivity index (χ1) is 10.2. The molecule has 0 saturated carbocycles. The van der Waals surface area contributed by atoms with Gasteiger partial charge in [-0.15, -0.1) is 0 Å². The predicted molar refractivity (Wildman–Crippen MR) is 77.5 cm³/mol. The molecule has 3 rings (SSSR count). The SMILES string of the molecule is O=C([C@H]1CC(c2ccc(F)cc2)=NO1)N1CCCCCC1. The molecule has 2 aliphatic heterocycles. The van der Waals surface area contributed by atoms with E-state index in [-0.39, 0.29) is 11.7 Å². The van der Waals surface area contributed by atoms with E-state index in [1.807, 2.05) is 4.90 Å². The first-order valence-electron chi connectivity index (χ1n) is 7.51. The molecule has 1 fully saturated rings. The van der Waals surface area contributed by atoms with Crippen molar-refractivity contribution in [3.05, 3.63) is 35.6 Å². The van der Waals surface area contributed by atoms with Crippen LogP contribution in [-0.4, -0.2) is 35.7 Å². The summed E-state index contributed by atoms with van der Waals surface area (Å²) >= 11 is 0. The number of oxime groups is 1. The topological polar surface area (TPSA) is 41.9 Å². The van der Waals surface area contributed by atoms with Crippen molar-refractivity contribution < 1.29 is 14.0 Å². The monoisotopic (exact) mass is 290 g/mol. The van der Waals surface area contributed by atoms with Gasteiger partial charge in [0.1, 0.15) is 5.82 Å². The van der Waals surface area contributed by atoms with Gasteiger partial charge in [-0.25, -0.2) is 4.39 Å². The smallest absolute Gasteiger partial charge is 0.266 e. The molecule has 1 saturated heterocycles. The fourth-order valence-electron chi connectivity index (χ4n) is 2.82. The summed E-state index contributed by atoms with van der Waals surface area (Å²) in [6.07, 6.45) is 4.43. The molecule has 0 spiro atoms. The van der Waals surface area contributed by atoms with Crippen LogP contribution >= 0.6 is 0 Å². The van der Waals surface area contributed by atoms with Crippen molar-refractivity contribution in [3.63, 3.8) is 0 Å². The molecule has 0 bridgehead atoms. The highest BCUT2D eigenvalue weighted by atomic mass is 19.1. The molecule has 2 aliphatic rings. The summed E-state index contributed by atoms with van der Waals surface area (Å²) in [5, 5.41) is 4.00. The molecule has 0 radical (unpaired) electrons. The van der Waals surface area contributed by atoms with Gasteiger partial charge in [-0.05, 0) is 30.5 Å². The molecule has 2 heterocycles. The first kappa shape index (κ1) is 14.0. The standard InChI is InChI=1S/C16H19FN2O2/c17-13-7-5-12(6-8-13)14-11-15(21-18-14)16(20)19-9-3-1-2-4-10-19/h5-8,15H,1-4,9-11H2/t15-/m1/s1. The van der Waals surface area contributed by atoms with E-state index in [2.05, 4.69) is 5.16 Å². The fourth-order valence-corrected chi connectivity index (χ4v) is 2.82. The van der Waals surface area contributed by atoms with Crippen LogP contribution in [0.3, 0.4) is 0 Å². The van der Waals surface area contributed by atoms with Crippen LogP contribution in [0.4, 0.5) is 4.39 Å². The molecule has 1 aromatic rings. The molecule has 0 N–H and O–H groups in total. The van der Waals surface area contributed by atoms with E-state index in [9.17, 15) is 9.18 Å². The second kappa shape index (κ2) is 6.24. The maximum atomic E-state index is 12.9. The molecular weight excluding hydrogens is 271 g/mol. The molecule has 4 nitrogen and oxygen atoms in total. The van der Waals surface area contributed by atoms with Crippen LogP contribution in [0, 0.1) is 5.82 Å². The predicted octanol–water partition coefficient (Wildman–Crippen LogP) is 2.72. The van der Waals surface area contributed by atoms with E-state index in [0.717, 1.165) is 31.5 Å². The lowest BCUT2D eigenvalue weighted by atomic mass is 10.0. The van der Waals surface area contributed by atoms with Crippen LogP contribution in [-0.2, 0) is 9.63 Å². The van der Waals surface area contributed by atoms with Gasteiger partial charge in [0.2, 0.25) is 6.10 Å². The number of halogens is 1. The zero-order valence-corrected chi connectivity index (χ0v) is 11.9. The Morgan fingerprint density at radius 3 is 2.48 bits per heavy atom. The Balaban J connectivity index is 1.62. The Hall–Kier alpha value is -1.91. The van der Waals surface area contributed by atoms with Crippen molar-refractivity contribution in [2.24, 2.45) is 5.16 Å². The van der Waals surface area contributed by atoms with Crippen LogP contribution in [0.25, 0.3) is 0 Å². The van der Waals surface area contributed by atoms with Gasteiger partial charge in [-0.3, -0.25) is 4.79 Å². The van der Waals surface area contributed by atoms with Crippen LogP contribution < -0.4 is 0 Å². The van der Waals surface area contributed by atoms with E-state index in [4.69, 9.17) is 4.84 Å². The molecular formula is C16H19FN2O2. The largest absolute Gasteiger partial charge is 0.382 e. The minimum atomic E-state index is -0.525. The van der Waals surface area contributed by atoms with Gasteiger partial charge >= 0.3 is 0 Å². The summed E-state index contributed by atoms with van der Waals surface area (Å²) in [5.41, 5.74) is 1.52. The summed E-state index contributed by atoms with van der Waals surface area (Å²) in [4.78, 5) is 19.7. The Morgan fingerprint density at radius 1 is 1.14 bits per heavy atom. The molecule has 5 heteroatoms. The zero-order chi connectivity index (χ0) is 14.7. The molecule has 21 heavy (non-hydrogen) atoms. The highest BCUT2D eigenvalue weighted by Crippen LogP contribution is 2.20. The summed E-state index contributed by atoms with van der Waals surface area (Å²) in [7, 11) is 0. The van der Waals surface area contributed by atoms with Crippen LogP contribution in [0.1, 0.15) is 37.7 Å². The van der Waals surface area contributed by atoms with Crippen molar-refractivity contribution in [1.82, 2.24) is 4.90 Å². The van der Waals surface area contributed by atoms with E-state index in [1.54, 1.807) is 12.1 Å². The lowest BCUT2D eigenvalue weighted by Crippen LogP contribution is -2.39. The van der Waals surface area contributed by atoms with Crippen molar-refractivity contribution in [2.75, 3.05) is 13.1 Å². The van der Waals surface area contributed by atoms with Gasteiger partial charge in [0.05, 0.1) is 5.71 Å². The van der Waals surface area contributed by atoms with E-state index < -0.39 is 6.10 Å². The van der Waals surface area contributed by atoms with Gasteiger partial charge in [0.15, 0.2) is 0 Å². The van der Waals surface area contributed by atoms with Crippen molar-refractivity contribution in [2.45, 2.75) is 38.2 Å². The number of hydrogen-bond donors (Lipinski definition) is 0. The molecule has 1 atom stereocenters. The fraction of sp³-hybridized carbons (Fsp3) is 0.500. The highest BCUT2D eigenvalue weighted by molar-refractivity contribution is 6.04. The number of carbonyl (C=O) groups excluding carboxylic acids is 1. The molecule has 112 valence electrons. The van der Waals surface area contributed by atoms with Crippen molar-refractivity contribution in [3.8, 4) is 0 Å². The summed E-state index contributed by atoms with van der Waals surface area (Å²) < 4.78 is 12.9. The van der Waals surface area contributed by atoms with Gasteiger partial charge < -0.3 is 9.74 Å². The zero-order valence-electron chi connectivity index (χ0n) is 11.9. The third-order valence-electron chi connectivity index (χ3n) is 4.04. The third kappa shape index (κ3) is 3.23. The molecule has 1 amide bonds. The van der Waals surface area contributed by atoms with E-state index in [0.29, 0.717) is 12.1 Å². The van der Waals surface area contributed by atoms with E-state index >= 15 is 0 Å². The van der Waals surface area contributed by atoms with E-state index in [1.165, 1.54) is 25.0 Å². The number of nitrogens with zero attached hydrogens (tertiary/aromatic N) is 2. The van der Waals surface area contributed by atoms with Gasteiger partial charge in [0, 0.05) is 19.5 Å². The van der Waals surface area contributed by atoms with Crippen molar-refractivity contribution >= 4 is 11.6 Å². The Labute approximate surface area is 123 Å². The Kier molecular flexibility index (Phi) is 4.18. The van der Waals surface area contributed by atoms with Crippen LogP contribution in [0.5, 0.6) is 0 Å². The molecule has 1 aromatic carbocycles. The summed E-state index contributed by atoms with van der Waals surface area (Å²) in [5.74, 6) is -0.256. The first-order valence-corrected chi connectivity index (χ1v) is 7.51. The second-order valence-corrected chi connectivity index (χ2v) is 5.58. The lowest BCUT2D eigenvalue weighted by Gasteiger charge is -2.22. The van der Waals surface area contributed by atoms with Crippen LogP contribution in [0.15, 0.2) is 29.4 Å². The number of benzene rings is 1. The normalized spacial score (nSPS) is 22.4. The number of rotatable bonds is 2. The number of amides is 1. The average Bonchev–Trinajstić information content (AvgIpc) is 2.83. The minimum absolute atomic E-state index is 0.0257. The third-order valence-corrected chi connectivity index (χ3v) is 4.04. The van der Waals surface area contributed by atoms with Gasteiger partial charge in [0.25, 0.3) is 5.91 Å². The maximum Gasteiger partial charge on any atom is 0.266 e. The molecule has 0 aromatic heterocycles. The molecule has 0 aliphatic carbocycles. The van der Waals surface area contributed by atoms with Crippen LogP contribution in [0.2, 0.25) is 0 Å². The average molecular weight is 290 g/mol. The summed E-state index contributed by atoms with van der Waals surface area (Å²) in [6, 6.07) is 6.11. The maximum absolute atomic E-state index is 12.9.